The number of carboxylic acids is 1. The fraction of sp³-hybridized carbons (Fsp3) is 0.529. The van der Waals surface area contributed by atoms with Gasteiger partial charge in [-0.2, -0.15) is 13.2 Å². The maximum atomic E-state index is 13.6. The summed E-state index contributed by atoms with van der Waals surface area (Å²) in [5.41, 5.74) is -0.847. The number of carbonyl (C=O) groups excluding carboxylic acids is 1. The van der Waals surface area contributed by atoms with Crippen molar-refractivity contribution in [2.75, 3.05) is 0 Å². The Bertz CT molecular complexity index is 639. The number of benzene rings is 1. The lowest BCUT2D eigenvalue weighted by molar-refractivity contribution is -0.160. The molecule has 1 aliphatic carbocycles. The van der Waals surface area contributed by atoms with Crippen LogP contribution in [0.25, 0.3) is 0 Å². The molecule has 0 aromatic heterocycles. The molecular weight excluding hydrogens is 342 g/mol. The van der Waals surface area contributed by atoms with Crippen molar-refractivity contribution in [2.24, 2.45) is 0 Å². The number of carboxylic acid groups (broad SMARTS) is 1. The zero-order chi connectivity index (χ0) is 18.7. The lowest BCUT2D eigenvalue weighted by Gasteiger charge is -2.37. The summed E-state index contributed by atoms with van der Waals surface area (Å²) in [5, 5.41) is 11.0. The van der Waals surface area contributed by atoms with Gasteiger partial charge in [0, 0.05) is 0 Å². The van der Waals surface area contributed by atoms with Gasteiger partial charge >= 0.3 is 12.1 Å². The maximum Gasteiger partial charge on any atom is 0.391 e. The molecule has 0 bridgehead atoms. The van der Waals surface area contributed by atoms with Crippen LogP contribution in [-0.4, -0.2) is 29.2 Å². The predicted molar refractivity (Wildman–Crippen MR) is 81.4 cm³/mol. The van der Waals surface area contributed by atoms with Gasteiger partial charge in [0.05, 0.1) is 11.8 Å². The highest BCUT2D eigenvalue weighted by Crippen LogP contribution is 2.40. The second-order valence-corrected chi connectivity index (χ2v) is 6.34. The second kappa shape index (κ2) is 7.41. The van der Waals surface area contributed by atoms with Crippen LogP contribution < -0.4 is 5.32 Å². The molecule has 1 fully saturated rings. The summed E-state index contributed by atoms with van der Waals surface area (Å²) in [6.45, 7) is 0. The van der Waals surface area contributed by atoms with Crippen molar-refractivity contribution >= 4 is 11.9 Å². The molecule has 0 aliphatic heterocycles. The van der Waals surface area contributed by atoms with Crippen LogP contribution in [0.15, 0.2) is 24.3 Å². The van der Waals surface area contributed by atoms with E-state index >= 15 is 0 Å². The topological polar surface area (TPSA) is 66.4 Å². The molecule has 1 aliphatic rings. The lowest BCUT2D eigenvalue weighted by Crippen LogP contribution is -2.52. The average molecular weight is 361 g/mol. The Kier molecular flexibility index (Phi) is 5.69. The van der Waals surface area contributed by atoms with Gasteiger partial charge in [-0.25, -0.2) is 9.18 Å². The summed E-state index contributed by atoms with van der Waals surface area (Å²) >= 11 is 0. The van der Waals surface area contributed by atoms with E-state index in [1.165, 1.54) is 18.2 Å². The van der Waals surface area contributed by atoms with Crippen LogP contribution in [-0.2, 0) is 15.0 Å². The summed E-state index contributed by atoms with van der Waals surface area (Å²) in [6.07, 6.45) is -3.55. The Morgan fingerprint density at radius 1 is 1.20 bits per heavy atom. The zero-order valence-corrected chi connectivity index (χ0v) is 13.4. The Morgan fingerprint density at radius 3 is 2.36 bits per heavy atom. The Hall–Kier alpha value is -2.12. The molecule has 1 amide bonds. The zero-order valence-electron chi connectivity index (χ0n) is 13.4. The summed E-state index contributed by atoms with van der Waals surface area (Å²) < 4.78 is 51.3. The highest BCUT2D eigenvalue weighted by atomic mass is 19.4. The molecule has 138 valence electrons. The molecule has 4 nitrogen and oxygen atoms in total. The fourth-order valence-corrected chi connectivity index (χ4v) is 3.32. The summed E-state index contributed by atoms with van der Waals surface area (Å²) in [6, 6.07) is 3.30. The first-order valence-electron chi connectivity index (χ1n) is 8.01. The number of aliphatic carboxylic acids is 1. The number of carbonyl (C=O) groups is 2. The Balaban J connectivity index is 2.31. The van der Waals surface area contributed by atoms with Gasteiger partial charge in [0.1, 0.15) is 11.9 Å². The number of alkyl halides is 3. The third kappa shape index (κ3) is 4.70. The van der Waals surface area contributed by atoms with Gasteiger partial charge in [0.25, 0.3) is 0 Å². The molecule has 1 atom stereocenters. The molecule has 25 heavy (non-hydrogen) atoms. The largest absolute Gasteiger partial charge is 0.480 e. The van der Waals surface area contributed by atoms with E-state index in [1.807, 2.05) is 5.32 Å². The quantitative estimate of drug-likeness (QED) is 0.789. The first-order chi connectivity index (χ1) is 11.6. The van der Waals surface area contributed by atoms with Gasteiger partial charge in [0.2, 0.25) is 5.91 Å². The second-order valence-electron chi connectivity index (χ2n) is 6.34. The van der Waals surface area contributed by atoms with Crippen molar-refractivity contribution in [3.05, 3.63) is 35.6 Å². The minimum atomic E-state index is -4.73. The van der Waals surface area contributed by atoms with E-state index in [-0.39, 0.29) is 0 Å². The minimum absolute atomic E-state index is 0.334. The lowest BCUT2D eigenvalue weighted by atomic mass is 9.68. The van der Waals surface area contributed by atoms with E-state index in [2.05, 4.69) is 0 Å². The molecule has 1 unspecified atom stereocenters. The minimum Gasteiger partial charge on any atom is -0.480 e. The first-order valence-corrected chi connectivity index (χ1v) is 8.01. The van der Waals surface area contributed by atoms with E-state index < -0.39 is 41.7 Å². The third-order valence-corrected chi connectivity index (χ3v) is 4.56. The van der Waals surface area contributed by atoms with Gasteiger partial charge < -0.3 is 10.4 Å². The molecule has 1 aromatic rings. The molecule has 0 heterocycles. The normalized spacial score (nSPS) is 18.4. The van der Waals surface area contributed by atoms with Gasteiger partial charge in [-0.1, -0.05) is 31.4 Å². The van der Waals surface area contributed by atoms with E-state index in [4.69, 9.17) is 5.11 Å². The molecule has 0 saturated heterocycles. The van der Waals surface area contributed by atoms with Crippen LogP contribution >= 0.6 is 0 Å². The highest BCUT2D eigenvalue weighted by molar-refractivity contribution is 5.91. The van der Waals surface area contributed by atoms with Crippen molar-refractivity contribution in [3.8, 4) is 0 Å². The maximum absolute atomic E-state index is 13.6. The van der Waals surface area contributed by atoms with Gasteiger partial charge in [0.15, 0.2) is 0 Å². The molecule has 2 N–H and O–H groups in total. The van der Waals surface area contributed by atoms with Crippen molar-refractivity contribution in [3.63, 3.8) is 0 Å². The Morgan fingerprint density at radius 2 is 1.84 bits per heavy atom. The molecular formula is C17H19F4NO3. The van der Waals surface area contributed by atoms with Crippen LogP contribution in [0.5, 0.6) is 0 Å². The molecule has 1 aromatic carbocycles. The van der Waals surface area contributed by atoms with Crippen LogP contribution in [0.1, 0.15) is 44.1 Å². The summed E-state index contributed by atoms with van der Waals surface area (Å²) in [4.78, 5) is 23.9. The number of halogens is 4. The van der Waals surface area contributed by atoms with Gasteiger partial charge in [-0.15, -0.1) is 0 Å². The van der Waals surface area contributed by atoms with Gasteiger partial charge in [-0.3, -0.25) is 4.79 Å². The molecule has 0 spiro atoms. The molecule has 1 saturated carbocycles. The van der Waals surface area contributed by atoms with Crippen molar-refractivity contribution in [1.82, 2.24) is 5.32 Å². The fourth-order valence-electron chi connectivity index (χ4n) is 3.32. The number of nitrogens with one attached hydrogen (secondary N) is 1. The predicted octanol–water partition coefficient (Wildman–Crippen LogP) is 3.55. The average Bonchev–Trinajstić information content (AvgIpc) is 2.53. The first kappa shape index (κ1) is 19.2. The van der Waals surface area contributed by atoms with E-state index in [1.54, 1.807) is 6.07 Å². The standard InChI is InChI=1S/C17H19F4NO3/c18-12-6-4-5-11(9-12)16(7-2-1-3-8-16)15(25)22-13(14(23)24)10-17(19,20)21/h4-6,9,13H,1-3,7-8,10H2,(H,22,25)(H,23,24). The van der Waals surface area contributed by atoms with Crippen LogP contribution in [0.4, 0.5) is 17.6 Å². The van der Waals surface area contributed by atoms with Crippen molar-refractivity contribution < 1.29 is 32.3 Å². The van der Waals surface area contributed by atoms with E-state index in [9.17, 15) is 27.2 Å². The van der Waals surface area contributed by atoms with Crippen LogP contribution in [0.3, 0.4) is 0 Å². The van der Waals surface area contributed by atoms with Crippen molar-refractivity contribution in [1.29, 1.82) is 0 Å². The number of hydrogen-bond donors (Lipinski definition) is 2. The monoisotopic (exact) mass is 361 g/mol. The van der Waals surface area contributed by atoms with E-state index in [0.717, 1.165) is 6.42 Å². The highest BCUT2D eigenvalue weighted by Gasteiger charge is 2.44. The van der Waals surface area contributed by atoms with Crippen molar-refractivity contribution in [2.45, 2.75) is 56.2 Å². The Labute approximate surface area is 142 Å². The van der Waals surface area contributed by atoms with E-state index in [0.29, 0.717) is 31.2 Å². The van der Waals surface area contributed by atoms with Crippen LogP contribution in [0, 0.1) is 5.82 Å². The SMILES string of the molecule is O=C(O)C(CC(F)(F)F)NC(=O)C1(c2cccc(F)c2)CCCCC1. The molecule has 8 heteroatoms. The number of rotatable bonds is 5. The van der Waals surface area contributed by atoms with Crippen LogP contribution in [0.2, 0.25) is 0 Å². The smallest absolute Gasteiger partial charge is 0.391 e. The number of amides is 1. The third-order valence-electron chi connectivity index (χ3n) is 4.56. The molecule has 2 rings (SSSR count). The van der Waals surface area contributed by atoms with Gasteiger partial charge in [-0.05, 0) is 30.5 Å². The summed E-state index contributed by atoms with van der Waals surface area (Å²) in [5.74, 6) is -3.11. The molecule has 0 radical (unpaired) electrons. The number of hydrogen-bond acceptors (Lipinski definition) is 2. The summed E-state index contributed by atoms with van der Waals surface area (Å²) in [7, 11) is 0.